The molecule has 0 spiro atoms. The lowest BCUT2D eigenvalue weighted by molar-refractivity contribution is 0.0981. The number of benzene rings is 2. The van der Waals surface area contributed by atoms with E-state index in [4.69, 9.17) is 0 Å². The van der Waals surface area contributed by atoms with Crippen molar-refractivity contribution in [2.45, 2.75) is 33.2 Å². The Morgan fingerprint density at radius 1 is 1.15 bits per heavy atom. The van der Waals surface area contributed by atoms with Crippen LogP contribution < -0.4 is 4.90 Å². The molecule has 0 aromatic heterocycles. The first-order chi connectivity index (χ1) is 9.58. The predicted octanol–water partition coefficient (Wildman–Crippen LogP) is 3.89. The molecule has 0 fully saturated rings. The van der Waals surface area contributed by atoms with Gasteiger partial charge in [-0.1, -0.05) is 35.9 Å². The SMILES string of the molecule is Cc1ccc(C(=O)N2c3ccccc3C[C@@H]2C)c(C)c1. The molecule has 0 N–H and O–H groups in total. The van der Waals surface area contributed by atoms with E-state index in [-0.39, 0.29) is 11.9 Å². The minimum atomic E-state index is 0.111. The number of nitrogens with zero attached hydrogens (tertiary/aromatic N) is 1. The van der Waals surface area contributed by atoms with E-state index >= 15 is 0 Å². The Bertz CT molecular complexity index is 675. The van der Waals surface area contributed by atoms with Crippen LogP contribution in [0.15, 0.2) is 42.5 Å². The van der Waals surface area contributed by atoms with Gasteiger partial charge in [-0.05, 0) is 50.5 Å². The van der Waals surface area contributed by atoms with Crippen LogP contribution in [0.2, 0.25) is 0 Å². The van der Waals surface area contributed by atoms with Gasteiger partial charge in [-0.15, -0.1) is 0 Å². The maximum atomic E-state index is 12.9. The van der Waals surface area contributed by atoms with Crippen molar-refractivity contribution in [1.82, 2.24) is 0 Å². The number of hydrogen-bond donors (Lipinski definition) is 0. The zero-order chi connectivity index (χ0) is 14.3. The van der Waals surface area contributed by atoms with Crippen molar-refractivity contribution in [1.29, 1.82) is 0 Å². The maximum Gasteiger partial charge on any atom is 0.258 e. The van der Waals surface area contributed by atoms with E-state index in [1.807, 2.05) is 42.2 Å². The van der Waals surface area contributed by atoms with Gasteiger partial charge in [0.05, 0.1) is 0 Å². The Kier molecular flexibility index (Phi) is 3.09. The van der Waals surface area contributed by atoms with Gasteiger partial charge < -0.3 is 4.90 Å². The number of carbonyl (C=O) groups is 1. The molecule has 20 heavy (non-hydrogen) atoms. The first-order valence-corrected chi connectivity index (χ1v) is 7.06. The lowest BCUT2D eigenvalue weighted by atomic mass is 10.0. The average Bonchev–Trinajstić information content (AvgIpc) is 2.73. The van der Waals surface area contributed by atoms with Crippen LogP contribution in [-0.4, -0.2) is 11.9 Å². The van der Waals surface area contributed by atoms with Crippen LogP contribution in [0.1, 0.15) is 34.0 Å². The quantitative estimate of drug-likeness (QED) is 0.766. The zero-order valence-electron chi connectivity index (χ0n) is 12.2. The topological polar surface area (TPSA) is 20.3 Å². The predicted molar refractivity (Wildman–Crippen MR) is 82.3 cm³/mol. The second-order valence-electron chi connectivity index (χ2n) is 5.68. The Hall–Kier alpha value is -2.09. The molecule has 1 aliphatic rings. The second-order valence-corrected chi connectivity index (χ2v) is 5.68. The van der Waals surface area contributed by atoms with Crippen LogP contribution in [0.5, 0.6) is 0 Å². The van der Waals surface area contributed by atoms with Crippen molar-refractivity contribution in [3.8, 4) is 0 Å². The van der Waals surface area contributed by atoms with Crippen molar-refractivity contribution in [3.05, 3.63) is 64.7 Å². The lowest BCUT2D eigenvalue weighted by Gasteiger charge is -2.23. The molecule has 1 amide bonds. The Morgan fingerprint density at radius 2 is 1.90 bits per heavy atom. The van der Waals surface area contributed by atoms with Gasteiger partial charge in [0.25, 0.3) is 5.91 Å². The summed E-state index contributed by atoms with van der Waals surface area (Å²) < 4.78 is 0. The van der Waals surface area contributed by atoms with Gasteiger partial charge in [0.2, 0.25) is 0 Å². The van der Waals surface area contributed by atoms with Crippen LogP contribution in [0, 0.1) is 13.8 Å². The largest absolute Gasteiger partial charge is 0.305 e. The van der Waals surface area contributed by atoms with Crippen LogP contribution in [0.3, 0.4) is 0 Å². The molecule has 1 aliphatic heterocycles. The molecule has 2 aromatic rings. The zero-order valence-corrected chi connectivity index (χ0v) is 12.2. The van der Waals surface area contributed by atoms with Gasteiger partial charge in [-0.2, -0.15) is 0 Å². The molecule has 3 rings (SSSR count). The molecule has 2 nitrogen and oxygen atoms in total. The summed E-state index contributed by atoms with van der Waals surface area (Å²) in [6.45, 7) is 6.17. The smallest absolute Gasteiger partial charge is 0.258 e. The standard InChI is InChI=1S/C18H19NO/c1-12-8-9-16(13(2)10-12)18(20)19-14(3)11-15-6-4-5-7-17(15)19/h4-10,14H,11H2,1-3H3/t14-/m0/s1. The van der Waals surface area contributed by atoms with Crippen molar-refractivity contribution in [2.75, 3.05) is 4.90 Å². The number of amides is 1. The first kappa shape index (κ1) is 12.9. The summed E-state index contributed by atoms with van der Waals surface area (Å²) in [6.07, 6.45) is 0.937. The van der Waals surface area contributed by atoms with Crippen molar-refractivity contribution in [3.63, 3.8) is 0 Å². The maximum absolute atomic E-state index is 12.9. The van der Waals surface area contributed by atoms with Gasteiger partial charge in [0.15, 0.2) is 0 Å². The van der Waals surface area contributed by atoms with E-state index in [0.717, 1.165) is 23.2 Å². The van der Waals surface area contributed by atoms with Gasteiger partial charge in [0.1, 0.15) is 0 Å². The summed E-state index contributed by atoms with van der Waals surface area (Å²) in [5.41, 5.74) is 5.36. The molecule has 2 heteroatoms. The van der Waals surface area contributed by atoms with Crippen LogP contribution in [-0.2, 0) is 6.42 Å². The molecular weight excluding hydrogens is 246 g/mol. The van der Waals surface area contributed by atoms with Crippen molar-refractivity contribution >= 4 is 11.6 Å². The Labute approximate surface area is 120 Å². The molecule has 102 valence electrons. The fourth-order valence-corrected chi connectivity index (χ4v) is 3.06. The highest BCUT2D eigenvalue weighted by Gasteiger charge is 2.31. The van der Waals surface area contributed by atoms with Crippen LogP contribution in [0.4, 0.5) is 5.69 Å². The van der Waals surface area contributed by atoms with Crippen LogP contribution in [0.25, 0.3) is 0 Å². The van der Waals surface area contributed by atoms with Gasteiger partial charge in [-0.3, -0.25) is 4.79 Å². The van der Waals surface area contributed by atoms with E-state index in [1.165, 1.54) is 11.1 Å². The van der Waals surface area contributed by atoms with E-state index in [9.17, 15) is 4.79 Å². The van der Waals surface area contributed by atoms with E-state index in [1.54, 1.807) is 0 Å². The lowest BCUT2D eigenvalue weighted by Crippen LogP contribution is -2.36. The minimum Gasteiger partial charge on any atom is -0.305 e. The van der Waals surface area contributed by atoms with Crippen molar-refractivity contribution in [2.24, 2.45) is 0 Å². The summed E-state index contributed by atoms with van der Waals surface area (Å²) >= 11 is 0. The fraction of sp³-hybridized carbons (Fsp3) is 0.278. The highest BCUT2D eigenvalue weighted by molar-refractivity contribution is 6.08. The van der Waals surface area contributed by atoms with Gasteiger partial charge in [0, 0.05) is 17.3 Å². The Morgan fingerprint density at radius 3 is 2.65 bits per heavy atom. The highest BCUT2D eigenvalue weighted by atomic mass is 16.2. The highest BCUT2D eigenvalue weighted by Crippen LogP contribution is 2.33. The Balaban J connectivity index is 2.03. The third-order valence-electron chi connectivity index (χ3n) is 4.04. The number of aryl methyl sites for hydroxylation is 2. The average molecular weight is 265 g/mol. The monoisotopic (exact) mass is 265 g/mol. The fourth-order valence-electron chi connectivity index (χ4n) is 3.06. The third-order valence-corrected chi connectivity index (χ3v) is 4.04. The number of carbonyl (C=O) groups excluding carboxylic acids is 1. The van der Waals surface area contributed by atoms with E-state index in [2.05, 4.69) is 26.0 Å². The number of rotatable bonds is 1. The molecule has 0 radical (unpaired) electrons. The molecule has 0 bridgehead atoms. The normalized spacial score (nSPS) is 17.1. The first-order valence-electron chi connectivity index (χ1n) is 7.06. The summed E-state index contributed by atoms with van der Waals surface area (Å²) in [5, 5.41) is 0. The second kappa shape index (κ2) is 4.78. The molecule has 1 atom stereocenters. The summed E-state index contributed by atoms with van der Waals surface area (Å²) in [4.78, 5) is 14.8. The van der Waals surface area contributed by atoms with Gasteiger partial charge in [-0.25, -0.2) is 0 Å². The summed E-state index contributed by atoms with van der Waals surface area (Å²) in [5.74, 6) is 0.111. The summed E-state index contributed by atoms with van der Waals surface area (Å²) in [6, 6.07) is 14.4. The minimum absolute atomic E-state index is 0.111. The number of anilines is 1. The molecule has 0 saturated carbocycles. The number of para-hydroxylation sites is 1. The molecule has 1 heterocycles. The van der Waals surface area contributed by atoms with Crippen molar-refractivity contribution < 1.29 is 4.79 Å². The molecule has 0 aliphatic carbocycles. The van der Waals surface area contributed by atoms with E-state index < -0.39 is 0 Å². The number of fused-ring (bicyclic) bond motifs is 1. The van der Waals surface area contributed by atoms with Crippen LogP contribution >= 0.6 is 0 Å². The van der Waals surface area contributed by atoms with Gasteiger partial charge >= 0.3 is 0 Å². The summed E-state index contributed by atoms with van der Waals surface area (Å²) in [7, 11) is 0. The molecule has 2 aromatic carbocycles. The molecular formula is C18H19NO. The van der Waals surface area contributed by atoms with E-state index in [0.29, 0.717) is 0 Å². The third kappa shape index (κ3) is 2.01. The molecule has 0 saturated heterocycles. The number of hydrogen-bond acceptors (Lipinski definition) is 1. The molecule has 0 unspecified atom stereocenters.